The Bertz CT molecular complexity index is 665. The zero-order valence-corrected chi connectivity index (χ0v) is 15.1. The number of hydrogen-bond donors (Lipinski definition) is 2. The van der Waals surface area contributed by atoms with Gasteiger partial charge >= 0.3 is 0 Å². The molecular weight excluding hydrogens is 353 g/mol. The van der Waals surface area contributed by atoms with Crippen LogP contribution in [0.25, 0.3) is 11.2 Å². The summed E-state index contributed by atoms with van der Waals surface area (Å²) in [5, 5.41) is 0. The number of carbonyl (C=O) groups is 1. The number of imidazole rings is 1. The Hall–Kier alpha value is -1.64. The highest BCUT2D eigenvalue weighted by molar-refractivity contribution is 5.87. The number of piperidine rings is 1. The number of anilines is 1. The van der Waals surface area contributed by atoms with Gasteiger partial charge in [-0.05, 0) is 19.3 Å². The summed E-state index contributed by atoms with van der Waals surface area (Å²) < 4.78 is 0. The minimum absolute atomic E-state index is 0. The molecule has 134 valence electrons. The molecular formula is C14H23Cl2N7O. The van der Waals surface area contributed by atoms with Gasteiger partial charge in [-0.15, -0.1) is 24.8 Å². The molecule has 1 aliphatic heterocycles. The average molecular weight is 376 g/mol. The molecule has 1 unspecified atom stereocenters. The zero-order chi connectivity index (χ0) is 15.5. The van der Waals surface area contributed by atoms with Crippen molar-refractivity contribution >= 4 is 47.7 Å². The lowest BCUT2D eigenvalue weighted by atomic mass is 10.0. The second-order valence-corrected chi connectivity index (χ2v) is 5.63. The summed E-state index contributed by atoms with van der Waals surface area (Å²) in [7, 11) is 1.85. The van der Waals surface area contributed by atoms with Gasteiger partial charge < -0.3 is 20.5 Å². The van der Waals surface area contributed by atoms with Gasteiger partial charge in [-0.25, -0.2) is 15.0 Å². The predicted octanol–water partition coefficient (Wildman–Crippen LogP) is 0.972. The van der Waals surface area contributed by atoms with Crippen molar-refractivity contribution in [2.75, 3.05) is 31.6 Å². The van der Waals surface area contributed by atoms with E-state index >= 15 is 0 Å². The van der Waals surface area contributed by atoms with E-state index in [0.717, 1.165) is 31.3 Å². The first-order valence-electron chi connectivity index (χ1n) is 7.55. The molecule has 0 aromatic carbocycles. The van der Waals surface area contributed by atoms with Gasteiger partial charge in [0.25, 0.3) is 0 Å². The SMILES string of the molecule is CN(CC(=O)N1CCCCC1CN)c1ncnc2nc[nH]c12.Cl.Cl. The van der Waals surface area contributed by atoms with E-state index in [9.17, 15) is 4.79 Å². The Morgan fingerprint density at radius 1 is 1.38 bits per heavy atom. The van der Waals surface area contributed by atoms with Crippen molar-refractivity contribution in [3.63, 3.8) is 0 Å². The molecule has 3 heterocycles. The second-order valence-electron chi connectivity index (χ2n) is 5.63. The highest BCUT2D eigenvalue weighted by atomic mass is 35.5. The fraction of sp³-hybridized carbons (Fsp3) is 0.571. The van der Waals surface area contributed by atoms with E-state index in [1.54, 1.807) is 6.33 Å². The van der Waals surface area contributed by atoms with Crippen molar-refractivity contribution in [2.24, 2.45) is 5.73 Å². The van der Waals surface area contributed by atoms with Crippen LogP contribution < -0.4 is 10.6 Å². The molecule has 0 radical (unpaired) electrons. The van der Waals surface area contributed by atoms with Gasteiger partial charge in [0.2, 0.25) is 5.91 Å². The molecule has 10 heteroatoms. The number of rotatable bonds is 4. The Labute approximate surface area is 153 Å². The van der Waals surface area contributed by atoms with Gasteiger partial charge in [-0.3, -0.25) is 4.79 Å². The number of aromatic amines is 1. The average Bonchev–Trinajstić information content (AvgIpc) is 3.03. The van der Waals surface area contributed by atoms with Crippen LogP contribution in [0.2, 0.25) is 0 Å². The maximum atomic E-state index is 12.6. The number of fused-ring (bicyclic) bond motifs is 1. The normalized spacial score (nSPS) is 17.1. The molecule has 1 aliphatic rings. The zero-order valence-electron chi connectivity index (χ0n) is 13.5. The van der Waals surface area contributed by atoms with E-state index in [1.807, 2.05) is 16.8 Å². The highest BCUT2D eigenvalue weighted by Gasteiger charge is 2.26. The van der Waals surface area contributed by atoms with Crippen molar-refractivity contribution in [3.8, 4) is 0 Å². The standard InChI is InChI=1S/C14H21N7O.2ClH/c1-20(14-12-13(17-8-16-12)18-9-19-14)7-11(22)21-5-3-2-4-10(21)6-15;;/h8-10H,2-7,15H2,1H3,(H,16,17,18,19);2*1H. The third kappa shape index (κ3) is 4.06. The number of amides is 1. The highest BCUT2D eigenvalue weighted by Crippen LogP contribution is 2.20. The second kappa shape index (κ2) is 9.00. The number of carbonyl (C=O) groups excluding carboxylic acids is 1. The number of nitrogens with zero attached hydrogens (tertiary/aromatic N) is 5. The van der Waals surface area contributed by atoms with E-state index in [1.165, 1.54) is 6.33 Å². The molecule has 1 amide bonds. The molecule has 0 spiro atoms. The summed E-state index contributed by atoms with van der Waals surface area (Å²) in [5.74, 6) is 0.765. The summed E-state index contributed by atoms with van der Waals surface area (Å²) in [5.41, 5.74) is 7.13. The number of H-pyrrole nitrogens is 1. The fourth-order valence-electron chi connectivity index (χ4n) is 2.98. The van der Waals surface area contributed by atoms with Crippen molar-refractivity contribution in [2.45, 2.75) is 25.3 Å². The van der Waals surface area contributed by atoms with Crippen molar-refractivity contribution in [3.05, 3.63) is 12.7 Å². The molecule has 1 fully saturated rings. The minimum Gasteiger partial charge on any atom is -0.348 e. The molecule has 0 saturated carbocycles. The molecule has 0 aliphatic carbocycles. The summed E-state index contributed by atoms with van der Waals surface area (Å²) in [6.45, 7) is 1.58. The molecule has 2 aromatic heterocycles. The Kier molecular flexibility index (Phi) is 7.65. The molecule has 3 rings (SSSR count). The Morgan fingerprint density at radius 3 is 2.92 bits per heavy atom. The summed E-state index contributed by atoms with van der Waals surface area (Å²) in [6.07, 6.45) is 6.22. The fourth-order valence-corrected chi connectivity index (χ4v) is 2.98. The van der Waals surface area contributed by atoms with Gasteiger partial charge in [0, 0.05) is 26.2 Å². The molecule has 3 N–H and O–H groups in total. The van der Waals surface area contributed by atoms with Gasteiger partial charge in [0.1, 0.15) is 11.8 Å². The van der Waals surface area contributed by atoms with Crippen LogP contribution in [0.3, 0.4) is 0 Å². The summed E-state index contributed by atoms with van der Waals surface area (Å²) >= 11 is 0. The molecule has 2 aromatic rings. The number of nitrogens with two attached hydrogens (primary N) is 1. The van der Waals surface area contributed by atoms with Gasteiger partial charge in [-0.2, -0.15) is 0 Å². The third-order valence-corrected chi connectivity index (χ3v) is 4.16. The van der Waals surface area contributed by atoms with Crippen molar-refractivity contribution in [1.29, 1.82) is 0 Å². The van der Waals surface area contributed by atoms with Crippen LogP contribution in [0, 0.1) is 0 Å². The van der Waals surface area contributed by atoms with Crippen LogP contribution in [-0.4, -0.2) is 63.5 Å². The lowest BCUT2D eigenvalue weighted by Gasteiger charge is -2.36. The molecule has 0 bridgehead atoms. The smallest absolute Gasteiger partial charge is 0.242 e. The van der Waals surface area contributed by atoms with Gasteiger partial charge in [0.05, 0.1) is 12.9 Å². The van der Waals surface area contributed by atoms with Crippen LogP contribution in [0.4, 0.5) is 5.82 Å². The first kappa shape index (κ1) is 20.4. The third-order valence-electron chi connectivity index (χ3n) is 4.16. The van der Waals surface area contributed by atoms with Crippen LogP contribution in [0.1, 0.15) is 19.3 Å². The Balaban J connectivity index is 0.00000144. The number of nitrogens with one attached hydrogen (secondary N) is 1. The number of halogens is 2. The monoisotopic (exact) mass is 375 g/mol. The van der Waals surface area contributed by atoms with E-state index in [0.29, 0.717) is 18.0 Å². The largest absolute Gasteiger partial charge is 0.348 e. The van der Waals surface area contributed by atoms with Crippen molar-refractivity contribution < 1.29 is 4.79 Å². The molecule has 8 nitrogen and oxygen atoms in total. The van der Waals surface area contributed by atoms with E-state index in [4.69, 9.17) is 5.73 Å². The topological polar surface area (TPSA) is 104 Å². The van der Waals surface area contributed by atoms with Crippen LogP contribution in [0.5, 0.6) is 0 Å². The predicted molar refractivity (Wildman–Crippen MR) is 97.9 cm³/mol. The number of hydrogen-bond acceptors (Lipinski definition) is 6. The molecule has 1 saturated heterocycles. The quantitative estimate of drug-likeness (QED) is 0.824. The lowest BCUT2D eigenvalue weighted by molar-refractivity contribution is -0.133. The minimum atomic E-state index is 0. The molecule has 1 atom stereocenters. The molecule has 24 heavy (non-hydrogen) atoms. The van der Waals surface area contributed by atoms with Crippen molar-refractivity contribution in [1.82, 2.24) is 24.8 Å². The van der Waals surface area contributed by atoms with Crippen LogP contribution >= 0.6 is 24.8 Å². The number of likely N-dealkylation sites (tertiary alicyclic amines) is 1. The van der Waals surface area contributed by atoms with Gasteiger partial charge in [-0.1, -0.05) is 0 Å². The maximum Gasteiger partial charge on any atom is 0.242 e. The van der Waals surface area contributed by atoms with E-state index in [-0.39, 0.29) is 43.3 Å². The Morgan fingerprint density at radius 2 is 2.17 bits per heavy atom. The first-order chi connectivity index (χ1) is 10.7. The van der Waals surface area contributed by atoms with E-state index < -0.39 is 0 Å². The summed E-state index contributed by atoms with van der Waals surface area (Å²) in [4.78, 5) is 31.8. The number of aromatic nitrogens is 4. The maximum absolute atomic E-state index is 12.6. The first-order valence-corrected chi connectivity index (χ1v) is 7.55. The summed E-state index contributed by atoms with van der Waals surface area (Å²) in [6, 6.07) is 0.159. The lowest BCUT2D eigenvalue weighted by Crippen LogP contribution is -2.50. The van der Waals surface area contributed by atoms with E-state index in [2.05, 4.69) is 19.9 Å². The van der Waals surface area contributed by atoms with Crippen LogP contribution in [0.15, 0.2) is 12.7 Å². The van der Waals surface area contributed by atoms with Gasteiger partial charge in [0.15, 0.2) is 11.5 Å². The van der Waals surface area contributed by atoms with Crippen LogP contribution in [-0.2, 0) is 4.79 Å². The number of likely N-dealkylation sites (N-methyl/N-ethyl adjacent to an activating group) is 1.